The van der Waals surface area contributed by atoms with E-state index in [1.165, 1.54) is 4.90 Å². The van der Waals surface area contributed by atoms with E-state index in [1.807, 2.05) is 0 Å². The minimum absolute atomic E-state index is 0.0796. The molecule has 0 rings (SSSR count). The Labute approximate surface area is 109 Å². The van der Waals surface area contributed by atoms with Gasteiger partial charge in [0, 0.05) is 13.1 Å². The van der Waals surface area contributed by atoms with E-state index < -0.39 is 30.4 Å². The molecule has 9 heteroatoms. The molecule has 0 spiro atoms. The second kappa shape index (κ2) is 9.25. The fraction of sp³-hybridized carbons (Fsp3) is 0.700. The van der Waals surface area contributed by atoms with Crippen LogP contribution in [0.1, 0.15) is 6.42 Å². The number of carbonyl (C=O) groups is 3. The standard InChI is InChI=1S/C10H17NO8/c12-3-1-11(6-9(15)16)2-4-19-7(10(17)18)5-8(13)14/h7,12H,1-6H2,(H,13,14)(H,15,16)(H,17,18). The summed E-state index contributed by atoms with van der Waals surface area (Å²) in [5.74, 6) is -3.78. The minimum Gasteiger partial charge on any atom is -0.481 e. The lowest BCUT2D eigenvalue weighted by atomic mass is 10.2. The van der Waals surface area contributed by atoms with E-state index in [4.69, 9.17) is 25.2 Å². The second-order valence-electron chi connectivity index (χ2n) is 3.69. The van der Waals surface area contributed by atoms with Crippen molar-refractivity contribution >= 4 is 17.9 Å². The first-order chi connectivity index (χ1) is 8.86. The highest BCUT2D eigenvalue weighted by Gasteiger charge is 2.22. The maximum atomic E-state index is 10.7. The molecule has 0 aliphatic heterocycles. The van der Waals surface area contributed by atoms with Crippen molar-refractivity contribution < 1.29 is 39.5 Å². The molecule has 110 valence electrons. The van der Waals surface area contributed by atoms with E-state index in [2.05, 4.69) is 0 Å². The largest absolute Gasteiger partial charge is 0.481 e. The molecule has 0 radical (unpaired) electrons. The molecule has 0 saturated carbocycles. The highest BCUT2D eigenvalue weighted by Crippen LogP contribution is 2.00. The van der Waals surface area contributed by atoms with Crippen molar-refractivity contribution in [2.45, 2.75) is 12.5 Å². The van der Waals surface area contributed by atoms with Crippen molar-refractivity contribution in [3.05, 3.63) is 0 Å². The van der Waals surface area contributed by atoms with Gasteiger partial charge in [0.1, 0.15) is 0 Å². The molecule has 0 aromatic heterocycles. The second-order valence-corrected chi connectivity index (χ2v) is 3.69. The lowest BCUT2D eigenvalue weighted by Crippen LogP contribution is -2.37. The van der Waals surface area contributed by atoms with Crippen LogP contribution in [0, 0.1) is 0 Å². The molecule has 0 amide bonds. The summed E-state index contributed by atoms with van der Waals surface area (Å²) in [6.07, 6.45) is -2.15. The van der Waals surface area contributed by atoms with E-state index in [9.17, 15) is 14.4 Å². The Kier molecular flexibility index (Phi) is 8.42. The molecule has 0 aromatic carbocycles. The number of aliphatic carboxylic acids is 3. The van der Waals surface area contributed by atoms with E-state index in [-0.39, 0.29) is 32.8 Å². The third kappa shape index (κ3) is 8.94. The number of rotatable bonds is 11. The fourth-order valence-corrected chi connectivity index (χ4v) is 1.30. The molecule has 9 nitrogen and oxygen atoms in total. The Hall–Kier alpha value is -1.71. The number of aliphatic hydroxyl groups is 1. The predicted octanol–water partition coefficient (Wildman–Crippen LogP) is -1.69. The lowest BCUT2D eigenvalue weighted by Gasteiger charge is -2.20. The molecule has 0 aromatic rings. The van der Waals surface area contributed by atoms with Gasteiger partial charge in [0.25, 0.3) is 0 Å². The first kappa shape index (κ1) is 17.3. The van der Waals surface area contributed by atoms with Crippen molar-refractivity contribution in [2.75, 3.05) is 32.8 Å². The highest BCUT2D eigenvalue weighted by atomic mass is 16.5. The summed E-state index contributed by atoms with van der Waals surface area (Å²) in [6, 6.07) is 0. The van der Waals surface area contributed by atoms with Gasteiger partial charge in [-0.15, -0.1) is 0 Å². The van der Waals surface area contributed by atoms with Gasteiger partial charge in [0.05, 0.1) is 26.2 Å². The zero-order chi connectivity index (χ0) is 14.8. The molecule has 0 aliphatic carbocycles. The van der Waals surface area contributed by atoms with Crippen LogP contribution < -0.4 is 0 Å². The Morgan fingerprint density at radius 3 is 2.11 bits per heavy atom. The number of aliphatic hydroxyl groups excluding tert-OH is 1. The number of hydrogen-bond donors (Lipinski definition) is 4. The van der Waals surface area contributed by atoms with Crippen LogP contribution in [-0.2, 0) is 19.1 Å². The lowest BCUT2D eigenvalue weighted by molar-refractivity contribution is -0.157. The van der Waals surface area contributed by atoms with Gasteiger partial charge in [-0.2, -0.15) is 0 Å². The molecule has 0 aliphatic rings. The summed E-state index contributed by atoms with van der Waals surface area (Å²) in [5, 5.41) is 34.5. The van der Waals surface area contributed by atoms with Crippen LogP contribution in [0.4, 0.5) is 0 Å². The van der Waals surface area contributed by atoms with Crippen LogP contribution >= 0.6 is 0 Å². The first-order valence-electron chi connectivity index (χ1n) is 5.48. The zero-order valence-electron chi connectivity index (χ0n) is 10.2. The van der Waals surface area contributed by atoms with Gasteiger partial charge < -0.3 is 25.2 Å². The molecule has 0 heterocycles. The van der Waals surface area contributed by atoms with Gasteiger partial charge in [0.2, 0.25) is 0 Å². The summed E-state index contributed by atoms with van der Waals surface area (Å²) in [6.45, 7) is -0.522. The molecule has 0 saturated heterocycles. The molecule has 19 heavy (non-hydrogen) atoms. The van der Waals surface area contributed by atoms with E-state index in [0.29, 0.717) is 0 Å². The maximum absolute atomic E-state index is 10.7. The van der Waals surface area contributed by atoms with Gasteiger partial charge >= 0.3 is 17.9 Å². The smallest absolute Gasteiger partial charge is 0.333 e. The van der Waals surface area contributed by atoms with Gasteiger partial charge in [-0.1, -0.05) is 0 Å². The number of carboxylic acid groups (broad SMARTS) is 3. The Morgan fingerprint density at radius 2 is 1.68 bits per heavy atom. The normalized spacial score (nSPS) is 12.3. The van der Waals surface area contributed by atoms with Crippen molar-refractivity contribution in [1.29, 1.82) is 0 Å². The first-order valence-corrected chi connectivity index (χ1v) is 5.48. The molecular formula is C10H17NO8. The number of nitrogens with zero attached hydrogens (tertiary/aromatic N) is 1. The van der Waals surface area contributed by atoms with Gasteiger partial charge in [-0.25, -0.2) is 4.79 Å². The molecule has 0 bridgehead atoms. The topological polar surface area (TPSA) is 145 Å². The van der Waals surface area contributed by atoms with Crippen molar-refractivity contribution in [2.24, 2.45) is 0 Å². The van der Waals surface area contributed by atoms with Crippen LogP contribution in [0.2, 0.25) is 0 Å². The average molecular weight is 279 g/mol. The van der Waals surface area contributed by atoms with Crippen molar-refractivity contribution in [3.63, 3.8) is 0 Å². The van der Waals surface area contributed by atoms with Crippen LogP contribution in [-0.4, -0.2) is 82.2 Å². The Bertz CT molecular complexity index is 319. The summed E-state index contributed by atoms with van der Waals surface area (Å²) in [5.41, 5.74) is 0. The molecular weight excluding hydrogens is 262 g/mol. The monoisotopic (exact) mass is 279 g/mol. The van der Waals surface area contributed by atoms with E-state index in [0.717, 1.165) is 0 Å². The summed E-state index contributed by atoms with van der Waals surface area (Å²) < 4.78 is 4.88. The Morgan fingerprint density at radius 1 is 1.05 bits per heavy atom. The van der Waals surface area contributed by atoms with Gasteiger partial charge in [-0.05, 0) is 0 Å². The third-order valence-corrected chi connectivity index (χ3v) is 2.14. The van der Waals surface area contributed by atoms with Crippen LogP contribution in [0.15, 0.2) is 0 Å². The van der Waals surface area contributed by atoms with Gasteiger partial charge in [0.15, 0.2) is 6.10 Å². The number of carboxylic acids is 3. The average Bonchev–Trinajstić information content (AvgIpc) is 2.26. The molecule has 1 unspecified atom stereocenters. The molecule has 0 fully saturated rings. The van der Waals surface area contributed by atoms with Gasteiger partial charge in [-0.3, -0.25) is 14.5 Å². The van der Waals surface area contributed by atoms with Crippen LogP contribution in [0.25, 0.3) is 0 Å². The van der Waals surface area contributed by atoms with Crippen molar-refractivity contribution in [1.82, 2.24) is 4.90 Å². The van der Waals surface area contributed by atoms with Crippen LogP contribution in [0.5, 0.6) is 0 Å². The number of hydrogen-bond acceptors (Lipinski definition) is 6. The predicted molar refractivity (Wildman–Crippen MR) is 60.8 cm³/mol. The maximum Gasteiger partial charge on any atom is 0.333 e. The number of ether oxygens (including phenoxy) is 1. The Balaban J connectivity index is 4.16. The van der Waals surface area contributed by atoms with E-state index >= 15 is 0 Å². The zero-order valence-corrected chi connectivity index (χ0v) is 10.2. The third-order valence-electron chi connectivity index (χ3n) is 2.14. The van der Waals surface area contributed by atoms with Crippen LogP contribution in [0.3, 0.4) is 0 Å². The molecule has 4 N–H and O–H groups in total. The minimum atomic E-state index is -1.47. The summed E-state index contributed by atoms with van der Waals surface area (Å²) >= 11 is 0. The van der Waals surface area contributed by atoms with Crippen molar-refractivity contribution in [3.8, 4) is 0 Å². The molecule has 1 atom stereocenters. The fourth-order valence-electron chi connectivity index (χ4n) is 1.30. The summed E-state index contributed by atoms with van der Waals surface area (Å²) in [4.78, 5) is 32.9. The summed E-state index contributed by atoms with van der Waals surface area (Å²) in [7, 11) is 0. The SMILES string of the molecule is O=C(O)CC(OCCN(CCO)CC(=O)O)C(=O)O. The quantitative estimate of drug-likeness (QED) is 0.348. The highest BCUT2D eigenvalue weighted by molar-refractivity contribution is 5.79. The van der Waals surface area contributed by atoms with E-state index in [1.54, 1.807) is 0 Å².